The molecule has 5 heteroatoms. The quantitative estimate of drug-likeness (QED) is 0.881. The summed E-state index contributed by atoms with van der Waals surface area (Å²) in [5.41, 5.74) is 1.12. The van der Waals surface area contributed by atoms with Gasteiger partial charge in [-0.1, -0.05) is 6.92 Å². The van der Waals surface area contributed by atoms with Crippen molar-refractivity contribution < 1.29 is 4.74 Å². The highest BCUT2D eigenvalue weighted by Gasteiger charge is 2.24. The Morgan fingerprint density at radius 1 is 1.37 bits per heavy atom. The first kappa shape index (κ1) is 14.1. The molecule has 2 heterocycles. The van der Waals surface area contributed by atoms with Gasteiger partial charge in [0.15, 0.2) is 0 Å². The Morgan fingerprint density at radius 3 is 2.74 bits per heavy atom. The minimum Gasteiger partial charge on any atom is -0.379 e. The van der Waals surface area contributed by atoms with E-state index in [1.54, 1.807) is 0 Å². The number of aryl methyl sites for hydroxylation is 1. The normalized spacial score (nSPS) is 18.6. The first-order valence-corrected chi connectivity index (χ1v) is 7.09. The van der Waals surface area contributed by atoms with E-state index in [2.05, 4.69) is 43.0 Å². The lowest BCUT2D eigenvalue weighted by atomic mass is 10.2. The third kappa shape index (κ3) is 2.97. The largest absolute Gasteiger partial charge is 0.379 e. The van der Waals surface area contributed by atoms with E-state index in [0.29, 0.717) is 6.04 Å². The number of hydrogen-bond donors (Lipinski definition) is 1. The molecule has 0 amide bonds. The summed E-state index contributed by atoms with van der Waals surface area (Å²) in [4.78, 5) is 11.5. The SMILES string of the molecule is CCNc1nc(CC)nc(N(C)C2CCOC2)c1C. The topological polar surface area (TPSA) is 50.3 Å². The van der Waals surface area contributed by atoms with Crippen molar-refractivity contribution in [1.82, 2.24) is 9.97 Å². The molecule has 1 unspecified atom stereocenters. The van der Waals surface area contributed by atoms with Crippen molar-refractivity contribution in [1.29, 1.82) is 0 Å². The van der Waals surface area contributed by atoms with Gasteiger partial charge >= 0.3 is 0 Å². The predicted octanol–water partition coefficient (Wildman–Crippen LogP) is 2.00. The number of nitrogens with zero attached hydrogens (tertiary/aromatic N) is 3. The van der Waals surface area contributed by atoms with E-state index >= 15 is 0 Å². The molecule has 0 saturated carbocycles. The molecule has 2 rings (SSSR count). The molecule has 0 radical (unpaired) electrons. The molecule has 0 aromatic carbocycles. The number of ether oxygens (including phenoxy) is 1. The first-order chi connectivity index (χ1) is 9.17. The Morgan fingerprint density at radius 2 is 2.16 bits per heavy atom. The van der Waals surface area contributed by atoms with Gasteiger partial charge < -0.3 is 15.0 Å². The van der Waals surface area contributed by atoms with Crippen LogP contribution in [0, 0.1) is 6.92 Å². The van der Waals surface area contributed by atoms with E-state index in [1.165, 1.54) is 0 Å². The van der Waals surface area contributed by atoms with Gasteiger partial charge in [-0.15, -0.1) is 0 Å². The third-order valence-electron chi connectivity index (χ3n) is 3.61. The molecule has 1 saturated heterocycles. The Hall–Kier alpha value is -1.36. The van der Waals surface area contributed by atoms with E-state index < -0.39 is 0 Å². The number of aromatic nitrogens is 2. The van der Waals surface area contributed by atoms with E-state index in [4.69, 9.17) is 9.72 Å². The zero-order chi connectivity index (χ0) is 13.8. The van der Waals surface area contributed by atoms with Crippen molar-refractivity contribution >= 4 is 11.6 Å². The smallest absolute Gasteiger partial charge is 0.137 e. The van der Waals surface area contributed by atoms with E-state index in [0.717, 1.165) is 55.6 Å². The standard InChI is InChI=1S/C14H24N4O/c1-5-12-16-13(15-6-2)10(3)14(17-12)18(4)11-7-8-19-9-11/h11H,5-9H2,1-4H3,(H,15,16,17). The molecule has 1 aromatic heterocycles. The van der Waals surface area contributed by atoms with Crippen LogP contribution >= 0.6 is 0 Å². The molecule has 1 aliphatic rings. The molecule has 5 nitrogen and oxygen atoms in total. The maximum atomic E-state index is 5.47. The number of anilines is 2. The molecule has 1 aliphatic heterocycles. The molecule has 0 spiro atoms. The Balaban J connectivity index is 2.33. The van der Waals surface area contributed by atoms with Gasteiger partial charge in [-0.25, -0.2) is 9.97 Å². The molecule has 1 aromatic rings. The Kier molecular flexibility index (Phi) is 4.58. The van der Waals surface area contributed by atoms with Crippen LogP contribution < -0.4 is 10.2 Å². The highest BCUT2D eigenvalue weighted by atomic mass is 16.5. The van der Waals surface area contributed by atoms with Crippen LogP contribution in [0.25, 0.3) is 0 Å². The van der Waals surface area contributed by atoms with Crippen LogP contribution in [0.5, 0.6) is 0 Å². The zero-order valence-corrected chi connectivity index (χ0v) is 12.4. The van der Waals surface area contributed by atoms with Crippen molar-refractivity contribution in [2.75, 3.05) is 37.0 Å². The number of likely N-dealkylation sites (N-methyl/N-ethyl adjacent to an activating group) is 1. The van der Waals surface area contributed by atoms with Gasteiger partial charge in [0.1, 0.15) is 17.5 Å². The fourth-order valence-electron chi connectivity index (χ4n) is 2.39. The number of nitrogens with one attached hydrogen (secondary N) is 1. The van der Waals surface area contributed by atoms with Crippen molar-refractivity contribution in [2.45, 2.75) is 39.7 Å². The zero-order valence-electron chi connectivity index (χ0n) is 12.4. The summed E-state index contributed by atoms with van der Waals surface area (Å²) in [6, 6.07) is 0.424. The third-order valence-corrected chi connectivity index (χ3v) is 3.61. The summed E-state index contributed by atoms with van der Waals surface area (Å²) in [5.74, 6) is 2.87. The highest BCUT2D eigenvalue weighted by Crippen LogP contribution is 2.26. The monoisotopic (exact) mass is 264 g/mol. The second-order valence-electron chi connectivity index (χ2n) is 4.95. The Labute approximate surface area is 115 Å². The predicted molar refractivity (Wildman–Crippen MR) is 77.9 cm³/mol. The summed E-state index contributed by atoms with van der Waals surface area (Å²) in [6.45, 7) is 8.76. The van der Waals surface area contributed by atoms with Gasteiger partial charge in [-0.2, -0.15) is 0 Å². The molecule has 1 atom stereocenters. The number of hydrogen-bond acceptors (Lipinski definition) is 5. The lowest BCUT2D eigenvalue weighted by Gasteiger charge is -2.27. The van der Waals surface area contributed by atoms with Gasteiger partial charge in [-0.3, -0.25) is 0 Å². The molecule has 1 fully saturated rings. The molecule has 1 N–H and O–H groups in total. The molecule has 0 aliphatic carbocycles. The van der Waals surface area contributed by atoms with Gasteiger partial charge in [0, 0.05) is 32.2 Å². The second-order valence-corrected chi connectivity index (χ2v) is 4.95. The van der Waals surface area contributed by atoms with Crippen molar-refractivity contribution in [3.05, 3.63) is 11.4 Å². The van der Waals surface area contributed by atoms with E-state index in [9.17, 15) is 0 Å². The van der Waals surface area contributed by atoms with Crippen LogP contribution in [-0.2, 0) is 11.2 Å². The number of rotatable bonds is 5. The van der Waals surface area contributed by atoms with Crippen molar-refractivity contribution in [2.24, 2.45) is 0 Å². The van der Waals surface area contributed by atoms with Crippen LogP contribution in [0.1, 0.15) is 31.7 Å². The minimum atomic E-state index is 0.424. The van der Waals surface area contributed by atoms with E-state index in [-0.39, 0.29) is 0 Å². The van der Waals surface area contributed by atoms with Crippen LogP contribution in [0.4, 0.5) is 11.6 Å². The maximum Gasteiger partial charge on any atom is 0.137 e. The van der Waals surface area contributed by atoms with Crippen LogP contribution in [0.2, 0.25) is 0 Å². The fourth-order valence-corrected chi connectivity index (χ4v) is 2.39. The Bertz CT molecular complexity index is 430. The molecular formula is C14H24N4O. The summed E-state index contributed by atoms with van der Waals surface area (Å²) < 4.78 is 5.47. The van der Waals surface area contributed by atoms with Crippen LogP contribution in [0.3, 0.4) is 0 Å². The minimum absolute atomic E-state index is 0.424. The van der Waals surface area contributed by atoms with Gasteiger partial charge in [0.2, 0.25) is 0 Å². The lowest BCUT2D eigenvalue weighted by Crippen LogP contribution is -2.33. The summed E-state index contributed by atoms with van der Waals surface area (Å²) in [6.07, 6.45) is 1.92. The summed E-state index contributed by atoms with van der Waals surface area (Å²) >= 11 is 0. The van der Waals surface area contributed by atoms with Crippen LogP contribution in [-0.4, -0.2) is 42.8 Å². The van der Waals surface area contributed by atoms with Crippen molar-refractivity contribution in [3.63, 3.8) is 0 Å². The van der Waals surface area contributed by atoms with Crippen LogP contribution in [0.15, 0.2) is 0 Å². The maximum absolute atomic E-state index is 5.47. The van der Waals surface area contributed by atoms with Gasteiger partial charge in [-0.05, 0) is 20.3 Å². The second kappa shape index (κ2) is 6.19. The van der Waals surface area contributed by atoms with E-state index in [1.807, 2.05) is 0 Å². The lowest BCUT2D eigenvalue weighted by molar-refractivity contribution is 0.193. The van der Waals surface area contributed by atoms with Gasteiger partial charge in [0.05, 0.1) is 12.6 Å². The summed E-state index contributed by atoms with van der Waals surface area (Å²) in [5, 5.41) is 3.33. The fraction of sp³-hybridized carbons (Fsp3) is 0.714. The molecule has 106 valence electrons. The highest BCUT2D eigenvalue weighted by molar-refractivity contribution is 5.58. The molecule has 19 heavy (non-hydrogen) atoms. The van der Waals surface area contributed by atoms with Gasteiger partial charge in [0.25, 0.3) is 0 Å². The molecule has 0 bridgehead atoms. The average molecular weight is 264 g/mol. The average Bonchev–Trinajstić information content (AvgIpc) is 2.94. The first-order valence-electron chi connectivity index (χ1n) is 7.09. The molecular weight excluding hydrogens is 240 g/mol. The van der Waals surface area contributed by atoms with Crippen molar-refractivity contribution in [3.8, 4) is 0 Å². The summed E-state index contributed by atoms with van der Waals surface area (Å²) in [7, 11) is 2.10.